The molecule has 0 radical (unpaired) electrons. The predicted molar refractivity (Wildman–Crippen MR) is 71.1 cm³/mol. The van der Waals surface area contributed by atoms with Crippen LogP contribution >= 0.6 is 15.9 Å². The molecule has 0 heterocycles. The van der Waals surface area contributed by atoms with Gasteiger partial charge >= 0.3 is 5.97 Å². The first-order valence-electron chi connectivity index (χ1n) is 5.74. The van der Waals surface area contributed by atoms with Crippen LogP contribution in [-0.4, -0.2) is 17.0 Å². The molecule has 0 bridgehead atoms. The molecule has 0 saturated heterocycles. The molecule has 0 aromatic heterocycles. The van der Waals surface area contributed by atoms with Gasteiger partial charge in [0.15, 0.2) is 0 Å². The molecular formula is C13H13BrFNO3. The van der Waals surface area contributed by atoms with E-state index in [1.807, 2.05) is 0 Å². The summed E-state index contributed by atoms with van der Waals surface area (Å²) in [5, 5.41) is 11.4. The zero-order valence-corrected chi connectivity index (χ0v) is 12.0. The van der Waals surface area contributed by atoms with Gasteiger partial charge < -0.3 is 10.4 Å². The molecule has 1 aliphatic carbocycles. The van der Waals surface area contributed by atoms with Crippen molar-refractivity contribution in [2.45, 2.75) is 13.8 Å². The molecule has 0 unspecified atom stereocenters. The Balaban J connectivity index is 2.13. The Morgan fingerprint density at radius 1 is 1.37 bits per heavy atom. The van der Waals surface area contributed by atoms with Crippen molar-refractivity contribution in [2.75, 3.05) is 5.32 Å². The van der Waals surface area contributed by atoms with Gasteiger partial charge in [0.25, 0.3) is 0 Å². The van der Waals surface area contributed by atoms with Crippen molar-refractivity contribution in [3.05, 3.63) is 28.5 Å². The van der Waals surface area contributed by atoms with Crippen molar-refractivity contribution in [1.82, 2.24) is 0 Å². The number of carboxylic acids is 1. The molecule has 1 saturated carbocycles. The Morgan fingerprint density at radius 3 is 2.47 bits per heavy atom. The Bertz CT molecular complexity index is 559. The molecule has 4 nitrogen and oxygen atoms in total. The van der Waals surface area contributed by atoms with Crippen molar-refractivity contribution < 1.29 is 19.1 Å². The molecule has 1 aliphatic rings. The lowest BCUT2D eigenvalue weighted by atomic mass is 10.1. The maximum absolute atomic E-state index is 13.6. The summed E-state index contributed by atoms with van der Waals surface area (Å²) in [5.74, 6) is -3.37. The number of anilines is 1. The van der Waals surface area contributed by atoms with Gasteiger partial charge in [-0.1, -0.05) is 29.8 Å². The summed E-state index contributed by atoms with van der Waals surface area (Å²) in [6.45, 7) is 3.43. The van der Waals surface area contributed by atoms with Crippen LogP contribution in [0.15, 0.2) is 22.7 Å². The van der Waals surface area contributed by atoms with Crippen molar-refractivity contribution >= 4 is 33.5 Å². The van der Waals surface area contributed by atoms with Gasteiger partial charge in [-0.25, -0.2) is 4.39 Å². The van der Waals surface area contributed by atoms with Crippen molar-refractivity contribution in [3.63, 3.8) is 0 Å². The normalized spacial score (nSPS) is 23.8. The molecule has 1 amide bonds. The van der Waals surface area contributed by atoms with E-state index in [1.165, 1.54) is 12.1 Å². The molecule has 1 aromatic carbocycles. The Labute approximate surface area is 118 Å². The number of rotatable bonds is 3. The molecular weight excluding hydrogens is 317 g/mol. The first kappa shape index (κ1) is 14.0. The zero-order valence-electron chi connectivity index (χ0n) is 10.4. The predicted octanol–water partition coefficient (Wildman–Crippen LogP) is 2.88. The quantitative estimate of drug-likeness (QED) is 0.896. The number of carbonyl (C=O) groups is 2. The summed E-state index contributed by atoms with van der Waals surface area (Å²) in [6.07, 6.45) is 0. The molecule has 6 heteroatoms. The number of hydrogen-bond donors (Lipinski definition) is 2. The standard InChI is InChI=1S/C13H13BrFNO3/c1-13(2)9(10(13)12(18)19)11(17)16-8-4-3-6(14)5-7(8)15/h3-5,9-10H,1-2H3,(H,16,17)(H,18,19)/t9-,10+/m1/s1. The highest BCUT2D eigenvalue weighted by atomic mass is 79.9. The van der Waals surface area contributed by atoms with Crippen molar-refractivity contribution in [3.8, 4) is 0 Å². The third-order valence-electron chi connectivity index (χ3n) is 3.56. The van der Waals surface area contributed by atoms with Gasteiger partial charge in [-0.05, 0) is 23.6 Å². The number of benzene rings is 1. The van der Waals surface area contributed by atoms with Gasteiger partial charge in [0, 0.05) is 4.47 Å². The molecule has 2 N–H and O–H groups in total. The molecule has 1 fully saturated rings. The van der Waals surface area contributed by atoms with Crippen LogP contribution in [-0.2, 0) is 9.59 Å². The monoisotopic (exact) mass is 329 g/mol. The fourth-order valence-corrected chi connectivity index (χ4v) is 2.72. The second kappa shape index (κ2) is 4.59. The number of aliphatic carboxylic acids is 1. The van der Waals surface area contributed by atoms with Gasteiger partial charge in [-0.3, -0.25) is 9.59 Å². The lowest BCUT2D eigenvalue weighted by Crippen LogP contribution is -2.18. The summed E-state index contributed by atoms with van der Waals surface area (Å²) < 4.78 is 14.1. The highest BCUT2D eigenvalue weighted by molar-refractivity contribution is 9.10. The van der Waals surface area contributed by atoms with Crippen LogP contribution in [0.5, 0.6) is 0 Å². The van der Waals surface area contributed by atoms with Crippen LogP contribution in [0.4, 0.5) is 10.1 Å². The van der Waals surface area contributed by atoms with E-state index in [1.54, 1.807) is 19.9 Å². The molecule has 19 heavy (non-hydrogen) atoms. The molecule has 2 atom stereocenters. The van der Waals surface area contributed by atoms with Crippen LogP contribution in [0, 0.1) is 23.1 Å². The van der Waals surface area contributed by atoms with E-state index in [2.05, 4.69) is 21.2 Å². The number of carboxylic acid groups (broad SMARTS) is 1. The maximum Gasteiger partial charge on any atom is 0.307 e. The highest BCUT2D eigenvalue weighted by Gasteiger charge is 2.65. The first-order valence-corrected chi connectivity index (χ1v) is 6.53. The minimum atomic E-state index is -0.999. The molecule has 1 aromatic rings. The summed E-state index contributed by atoms with van der Waals surface area (Å²) in [6, 6.07) is 4.27. The second-order valence-corrected chi connectivity index (χ2v) is 6.14. The number of carbonyl (C=O) groups excluding carboxylic acids is 1. The number of amides is 1. The third kappa shape index (κ3) is 2.49. The van der Waals surface area contributed by atoms with Crippen molar-refractivity contribution in [1.29, 1.82) is 0 Å². The van der Waals surface area contributed by atoms with Crippen LogP contribution in [0.1, 0.15) is 13.8 Å². The van der Waals surface area contributed by atoms with Gasteiger partial charge in [-0.2, -0.15) is 0 Å². The van der Waals surface area contributed by atoms with Crippen LogP contribution in [0.25, 0.3) is 0 Å². The minimum absolute atomic E-state index is 0.0556. The Kier molecular flexibility index (Phi) is 3.38. The minimum Gasteiger partial charge on any atom is -0.481 e. The van der Waals surface area contributed by atoms with E-state index in [0.29, 0.717) is 4.47 Å². The summed E-state index contributed by atoms with van der Waals surface area (Å²) >= 11 is 3.12. The summed E-state index contributed by atoms with van der Waals surface area (Å²) in [5.41, 5.74) is -0.540. The van der Waals surface area contributed by atoms with Gasteiger partial charge in [-0.15, -0.1) is 0 Å². The fraction of sp³-hybridized carbons (Fsp3) is 0.385. The molecule has 102 valence electrons. The van der Waals surface area contributed by atoms with Gasteiger partial charge in [0.2, 0.25) is 5.91 Å². The number of nitrogens with one attached hydrogen (secondary N) is 1. The Morgan fingerprint density at radius 2 is 2.00 bits per heavy atom. The summed E-state index contributed by atoms with van der Waals surface area (Å²) in [7, 11) is 0. The van der Waals surface area contributed by atoms with Gasteiger partial charge in [0.1, 0.15) is 5.82 Å². The second-order valence-electron chi connectivity index (χ2n) is 5.23. The zero-order chi connectivity index (χ0) is 14.4. The Hall–Kier alpha value is -1.43. The average Bonchev–Trinajstić information content (AvgIpc) is 2.86. The van der Waals surface area contributed by atoms with Crippen LogP contribution in [0.3, 0.4) is 0 Å². The van der Waals surface area contributed by atoms with Crippen molar-refractivity contribution in [2.24, 2.45) is 17.3 Å². The summed E-state index contributed by atoms with van der Waals surface area (Å²) in [4.78, 5) is 23.0. The molecule has 0 aliphatic heterocycles. The lowest BCUT2D eigenvalue weighted by molar-refractivity contribution is -0.140. The number of hydrogen-bond acceptors (Lipinski definition) is 2. The lowest BCUT2D eigenvalue weighted by Gasteiger charge is -2.07. The van der Waals surface area contributed by atoms with E-state index in [9.17, 15) is 14.0 Å². The van der Waals surface area contributed by atoms with Gasteiger partial charge in [0.05, 0.1) is 17.5 Å². The smallest absolute Gasteiger partial charge is 0.307 e. The van der Waals surface area contributed by atoms with E-state index in [4.69, 9.17) is 5.11 Å². The molecule has 2 rings (SSSR count). The van der Waals surface area contributed by atoms with E-state index < -0.39 is 34.9 Å². The van der Waals surface area contributed by atoms with Crippen LogP contribution < -0.4 is 5.32 Å². The fourth-order valence-electron chi connectivity index (χ4n) is 2.39. The SMILES string of the molecule is CC1(C)[C@H](C(=O)O)[C@@H]1C(=O)Nc1ccc(Br)cc1F. The third-order valence-corrected chi connectivity index (χ3v) is 4.06. The van der Waals surface area contributed by atoms with E-state index in [-0.39, 0.29) is 5.69 Å². The first-order chi connectivity index (χ1) is 8.75. The largest absolute Gasteiger partial charge is 0.481 e. The maximum atomic E-state index is 13.6. The van der Waals surface area contributed by atoms with Crippen LogP contribution in [0.2, 0.25) is 0 Å². The average molecular weight is 330 g/mol. The number of halogens is 2. The molecule has 0 spiro atoms. The topological polar surface area (TPSA) is 66.4 Å². The highest BCUT2D eigenvalue weighted by Crippen LogP contribution is 2.58. The van der Waals surface area contributed by atoms with E-state index >= 15 is 0 Å². The van der Waals surface area contributed by atoms with E-state index in [0.717, 1.165) is 0 Å².